The second kappa shape index (κ2) is 43.7. The van der Waals surface area contributed by atoms with E-state index in [2.05, 4.69) is 39.6 Å². The van der Waals surface area contributed by atoms with Crippen molar-refractivity contribution in [3.63, 3.8) is 0 Å². The van der Waals surface area contributed by atoms with E-state index in [0.29, 0.717) is 49.7 Å². The third-order valence-electron chi connectivity index (χ3n) is 9.33. The second-order valence-corrected chi connectivity index (χ2v) is 27.0. The van der Waals surface area contributed by atoms with E-state index in [9.17, 15) is 96.3 Å². The van der Waals surface area contributed by atoms with Crippen molar-refractivity contribution in [2.24, 2.45) is 0 Å². The van der Waals surface area contributed by atoms with E-state index in [1.54, 1.807) is 14.1 Å². The van der Waals surface area contributed by atoms with Crippen LogP contribution < -0.4 is 0 Å². The van der Waals surface area contributed by atoms with Gasteiger partial charge in [0.25, 0.3) is 0 Å². The normalized spacial score (nSPS) is 14.9. The molecule has 36 heteroatoms. The van der Waals surface area contributed by atoms with E-state index >= 15 is 0 Å². The molecule has 0 aliphatic rings. The molecule has 0 bridgehead atoms. The number of quaternary nitrogens is 1. The van der Waals surface area contributed by atoms with Crippen molar-refractivity contribution in [3.8, 4) is 5.40 Å². The summed E-state index contributed by atoms with van der Waals surface area (Å²) in [6, 6.07) is 0. The van der Waals surface area contributed by atoms with Crippen molar-refractivity contribution in [2.75, 3.05) is 114 Å². The number of halogens is 17. The summed E-state index contributed by atoms with van der Waals surface area (Å²) in [7, 11) is 1.71. The van der Waals surface area contributed by atoms with Crippen LogP contribution in [0.15, 0.2) is 0 Å². The monoisotopic (exact) mass is 1360 g/mol. The molecule has 79 heavy (non-hydrogen) atoms. The van der Waals surface area contributed by atoms with Gasteiger partial charge in [0, 0.05) is 61.2 Å². The second-order valence-electron chi connectivity index (χ2n) is 17.8. The highest BCUT2D eigenvalue weighted by Gasteiger charge is 2.39. The fourth-order valence-electron chi connectivity index (χ4n) is 4.57. The smallest absolute Gasteiger partial charge is 0.369 e. The number of rotatable bonds is 34. The number of ether oxygens (including phenoxy) is 5. The number of sulfone groups is 2. The number of hydrogen-bond donors (Lipinski definition) is 1. The minimum absolute atomic E-state index is 0.0260. The minimum atomic E-state index is -4.42. The van der Waals surface area contributed by atoms with Crippen LogP contribution in [-0.2, 0) is 52.4 Å². The maximum atomic E-state index is 12.1. The first-order valence-corrected chi connectivity index (χ1v) is 32.2. The molecule has 5 unspecified atom stereocenters. The van der Waals surface area contributed by atoms with Crippen LogP contribution in [0.5, 0.6) is 0 Å². The SMILES string of the molecule is CC(OCCCBr)C(F)(F)F.CC(OCCCS(=O)(=O)CCCCN(C)C)C(F)(F)F.CC(OCCCS(=O)(=O)CCCC[N+](C)(C)O)C(F)(F)F.CC(OCCCS(=O)(=O)Cl)C(F)(F)F.CC(OCCCSC#N)C(F)(F)F. The fourth-order valence-corrected chi connectivity index (χ4v) is 8.75. The molecule has 0 aromatic heterocycles. The highest BCUT2D eigenvalue weighted by molar-refractivity contribution is 9.09. The van der Waals surface area contributed by atoms with Gasteiger partial charge in [0.15, 0.2) is 30.5 Å². The van der Waals surface area contributed by atoms with Gasteiger partial charge >= 0.3 is 30.9 Å². The van der Waals surface area contributed by atoms with Crippen molar-refractivity contribution in [2.45, 2.75) is 154 Å². The van der Waals surface area contributed by atoms with Gasteiger partial charge in [0.05, 0.1) is 42.9 Å². The van der Waals surface area contributed by atoms with Crippen LogP contribution in [0.25, 0.3) is 0 Å². The Morgan fingerprint density at radius 1 is 0.519 bits per heavy atom. The van der Waals surface area contributed by atoms with Gasteiger partial charge in [-0.2, -0.15) is 75.8 Å². The molecule has 5 atom stereocenters. The average Bonchev–Trinajstić information content (AvgIpc) is 3.26. The average molecular weight is 1360 g/mol. The number of thiocyanates is 1. The number of nitrogens with zero attached hydrogens (tertiary/aromatic N) is 3. The van der Waals surface area contributed by atoms with Crippen LogP contribution in [0, 0.1) is 10.7 Å². The zero-order chi connectivity index (χ0) is 63.2. The first kappa shape index (κ1) is 86.9. The van der Waals surface area contributed by atoms with Crippen LogP contribution >= 0.6 is 38.4 Å². The Morgan fingerprint density at radius 3 is 1.06 bits per heavy atom. The predicted molar refractivity (Wildman–Crippen MR) is 275 cm³/mol. The lowest BCUT2D eigenvalue weighted by molar-refractivity contribution is -1.07. The molecular weight excluding hydrogens is 1280 g/mol. The van der Waals surface area contributed by atoms with Gasteiger partial charge in [-0.25, -0.2) is 30.5 Å². The molecule has 0 heterocycles. The first-order chi connectivity index (χ1) is 35.5. The van der Waals surface area contributed by atoms with Gasteiger partial charge in [-0.1, -0.05) is 15.9 Å². The number of unbranched alkanes of at least 4 members (excludes halogenated alkanes) is 2. The maximum absolute atomic E-state index is 12.1. The summed E-state index contributed by atoms with van der Waals surface area (Å²) in [4.78, 5) is 1.97. The third-order valence-corrected chi connectivity index (χ3v) is 15.4. The van der Waals surface area contributed by atoms with Gasteiger partial charge in [0.1, 0.15) is 31.6 Å². The molecule has 0 aromatic rings. The quantitative estimate of drug-likeness (QED) is 0.0121. The molecule has 480 valence electrons. The Balaban J connectivity index is -0.000000295. The molecule has 0 aliphatic carbocycles. The van der Waals surface area contributed by atoms with Crippen molar-refractivity contribution in [1.82, 2.24) is 4.90 Å². The fraction of sp³-hybridized carbons (Fsp3) is 0.977. The van der Waals surface area contributed by atoms with E-state index in [1.807, 2.05) is 24.4 Å². The molecule has 0 rings (SSSR count). The molecule has 15 nitrogen and oxygen atoms in total. The lowest BCUT2D eigenvalue weighted by Gasteiger charge is -2.19. The third kappa shape index (κ3) is 64.5. The van der Waals surface area contributed by atoms with Crippen molar-refractivity contribution >= 4 is 67.1 Å². The number of hydrogen-bond acceptors (Lipinski definition) is 15. The zero-order valence-electron chi connectivity index (χ0n) is 45.5. The Morgan fingerprint density at radius 2 is 0.797 bits per heavy atom. The Labute approximate surface area is 473 Å². The summed E-state index contributed by atoms with van der Waals surface area (Å²) in [6.45, 7) is 5.37. The largest absolute Gasteiger partial charge is 0.414 e. The van der Waals surface area contributed by atoms with E-state index in [0.717, 1.165) is 59.3 Å². The minimum Gasteiger partial charge on any atom is -0.369 e. The molecule has 0 spiro atoms. The topological polar surface area (TPSA) is 196 Å². The van der Waals surface area contributed by atoms with Gasteiger partial charge < -0.3 is 28.6 Å². The summed E-state index contributed by atoms with van der Waals surface area (Å²) in [5.41, 5.74) is 0. The lowest BCUT2D eigenvalue weighted by Crippen LogP contribution is -2.36. The van der Waals surface area contributed by atoms with E-state index < -0.39 is 90.1 Å². The van der Waals surface area contributed by atoms with Crippen molar-refractivity contribution in [3.05, 3.63) is 0 Å². The van der Waals surface area contributed by atoms with Gasteiger partial charge in [-0.05, 0) is 118 Å². The lowest BCUT2D eigenvalue weighted by atomic mass is 10.3. The highest BCUT2D eigenvalue weighted by atomic mass is 79.9. The molecule has 0 amide bonds. The van der Waals surface area contributed by atoms with Crippen LogP contribution in [-0.4, -0.2) is 216 Å². The van der Waals surface area contributed by atoms with Gasteiger partial charge in [-0.15, -0.1) is 0 Å². The summed E-state index contributed by atoms with van der Waals surface area (Å²) >= 11 is 4.10. The molecule has 0 saturated heterocycles. The zero-order valence-corrected chi connectivity index (χ0v) is 51.1. The summed E-state index contributed by atoms with van der Waals surface area (Å²) in [5, 5.41) is 20.0. The first-order valence-electron chi connectivity index (χ1n) is 24.0. The van der Waals surface area contributed by atoms with Gasteiger partial charge in [-0.3, -0.25) is 0 Å². The van der Waals surface area contributed by atoms with Crippen molar-refractivity contribution in [1.29, 1.82) is 5.26 Å². The number of alkyl halides is 16. The predicted octanol–water partition coefficient (Wildman–Crippen LogP) is 11.3. The molecule has 0 aliphatic heterocycles. The molecular formula is C43H79BrClF15N3O12S4+. The van der Waals surface area contributed by atoms with E-state index in [4.69, 9.17) is 15.9 Å². The Kier molecular flexibility index (Phi) is 48.0. The highest BCUT2D eigenvalue weighted by Crippen LogP contribution is 2.26. The molecule has 1 N–H and O–H groups in total. The number of hydroxylamine groups is 3. The van der Waals surface area contributed by atoms with Crippen LogP contribution in [0.3, 0.4) is 0 Å². The van der Waals surface area contributed by atoms with Crippen LogP contribution in [0.2, 0.25) is 0 Å². The Hall–Kier alpha value is -0.910. The molecule has 0 saturated carbocycles. The number of thioether (sulfide) groups is 1. The molecule has 0 fully saturated rings. The summed E-state index contributed by atoms with van der Waals surface area (Å²) in [6.07, 6.45) is -27.3. The van der Waals surface area contributed by atoms with E-state index in [-0.39, 0.29) is 85.7 Å². The van der Waals surface area contributed by atoms with Crippen molar-refractivity contribution < 1.29 is 125 Å². The summed E-state index contributed by atoms with van der Waals surface area (Å²) < 4.78 is 269. The van der Waals surface area contributed by atoms with E-state index in [1.165, 1.54) is 0 Å². The Bertz CT molecular complexity index is 1900. The van der Waals surface area contributed by atoms with Crippen LogP contribution in [0.1, 0.15) is 92.4 Å². The summed E-state index contributed by atoms with van der Waals surface area (Å²) in [5.74, 6) is -0.147. The standard InChI is InChI=1S/C12H25F3NO4S.C12H24F3NO3S.C7H10F3NOS.C6H10BrF3O.C6H10ClF3O3S/c1-11(12(13,14)15)20-8-6-10-21(18,19)9-5-4-7-16(2,3)17;1-11(12(13,14)15)19-8-6-10-20(17,18)9-5-4-7-16(2)3;1-6(7(8,9)10)12-3-2-4-13-5-11;1-5(6(8,9)10)11-4-2-3-7;1-5(6(8,9)10)13-3-2-4-14(7,11)12/h11,17H,4-10H2,1-3H3;11H,4-10H2,1-3H3;6H,2-4H2,1H3;5H,2-4H2,1H3;5H,2-4H2,1H3/q+1;;;;. The van der Waals surface area contributed by atoms with Gasteiger partial charge in [0.2, 0.25) is 9.05 Å². The number of nitriles is 1. The molecule has 0 radical (unpaired) electrons. The maximum Gasteiger partial charge on any atom is 0.414 e. The van der Waals surface area contributed by atoms with Crippen LogP contribution in [0.4, 0.5) is 65.9 Å². The molecule has 0 aromatic carbocycles.